The van der Waals surface area contributed by atoms with Gasteiger partial charge in [0, 0.05) is 23.1 Å². The van der Waals surface area contributed by atoms with Crippen LogP contribution in [0.2, 0.25) is 0 Å². The van der Waals surface area contributed by atoms with Gasteiger partial charge in [0.25, 0.3) is 0 Å². The van der Waals surface area contributed by atoms with E-state index in [1.165, 1.54) is 13.3 Å². The third kappa shape index (κ3) is 5.31. The Hall–Kier alpha value is -3.67. The first kappa shape index (κ1) is 26.0. The molecule has 1 aromatic heterocycles. The van der Waals surface area contributed by atoms with Crippen molar-refractivity contribution in [1.82, 2.24) is 4.98 Å². The average molecular weight is 516 g/mol. The molecule has 1 atom stereocenters. The van der Waals surface area contributed by atoms with E-state index in [2.05, 4.69) is 24.9 Å². The number of carbonyl (C=O) groups is 1. The Morgan fingerprint density at radius 3 is 2.55 bits per heavy atom. The van der Waals surface area contributed by atoms with Crippen LogP contribution in [0.15, 0.2) is 60.8 Å². The number of nitrogens with zero attached hydrogens (tertiary/aromatic N) is 1. The van der Waals surface area contributed by atoms with E-state index < -0.39 is 11.8 Å². The topological polar surface area (TPSA) is 68.7 Å². The second-order valence-electron chi connectivity index (χ2n) is 11.0. The van der Waals surface area contributed by atoms with Gasteiger partial charge < -0.3 is 14.6 Å². The van der Waals surface area contributed by atoms with E-state index in [-0.39, 0.29) is 17.8 Å². The zero-order valence-corrected chi connectivity index (χ0v) is 22.2. The number of halogens is 1. The molecular formula is C32H34FNO4. The van der Waals surface area contributed by atoms with Crippen molar-refractivity contribution in [3.8, 4) is 22.8 Å². The highest BCUT2D eigenvalue weighted by molar-refractivity contribution is 5.89. The summed E-state index contributed by atoms with van der Waals surface area (Å²) in [7, 11) is 1.51. The minimum Gasteiger partial charge on any atom is -0.488 e. The first-order valence-corrected chi connectivity index (χ1v) is 13.2. The second kappa shape index (κ2) is 10.6. The van der Waals surface area contributed by atoms with E-state index >= 15 is 4.39 Å². The quantitative estimate of drug-likeness (QED) is 0.300. The molecule has 2 aliphatic rings. The third-order valence-electron chi connectivity index (χ3n) is 7.85. The maximum absolute atomic E-state index is 15.3. The first-order valence-electron chi connectivity index (χ1n) is 13.2. The number of hydrogen-bond acceptors (Lipinski definition) is 4. The molecule has 1 fully saturated rings. The molecule has 0 aliphatic heterocycles. The summed E-state index contributed by atoms with van der Waals surface area (Å²) in [5.74, 6) is -0.174. The van der Waals surface area contributed by atoms with Gasteiger partial charge in [-0.15, -0.1) is 0 Å². The summed E-state index contributed by atoms with van der Waals surface area (Å²) in [5, 5.41) is 9.79. The van der Waals surface area contributed by atoms with Crippen LogP contribution < -0.4 is 9.47 Å². The minimum atomic E-state index is -0.827. The molecule has 5 rings (SSSR count). The second-order valence-corrected chi connectivity index (χ2v) is 11.0. The van der Waals surface area contributed by atoms with Crippen LogP contribution in [-0.4, -0.2) is 23.2 Å². The van der Waals surface area contributed by atoms with Crippen LogP contribution in [0.4, 0.5) is 4.39 Å². The van der Waals surface area contributed by atoms with Crippen molar-refractivity contribution in [3.63, 3.8) is 0 Å². The van der Waals surface area contributed by atoms with Crippen molar-refractivity contribution < 1.29 is 23.8 Å². The van der Waals surface area contributed by atoms with Gasteiger partial charge in [-0.3, -0.25) is 4.79 Å². The molecule has 3 aromatic rings. The van der Waals surface area contributed by atoms with Gasteiger partial charge in [0.1, 0.15) is 18.2 Å². The molecule has 0 saturated heterocycles. The van der Waals surface area contributed by atoms with Crippen molar-refractivity contribution in [2.75, 3.05) is 7.11 Å². The van der Waals surface area contributed by atoms with Gasteiger partial charge in [-0.2, -0.15) is 0 Å². The summed E-state index contributed by atoms with van der Waals surface area (Å²) >= 11 is 0. The fourth-order valence-corrected chi connectivity index (χ4v) is 5.65. The molecule has 2 aliphatic carbocycles. The molecule has 198 valence electrons. The Morgan fingerprint density at radius 2 is 1.92 bits per heavy atom. The van der Waals surface area contributed by atoms with Crippen LogP contribution in [0.1, 0.15) is 68.6 Å². The van der Waals surface area contributed by atoms with Crippen molar-refractivity contribution >= 4 is 11.5 Å². The van der Waals surface area contributed by atoms with Gasteiger partial charge >= 0.3 is 5.97 Å². The van der Waals surface area contributed by atoms with Crippen LogP contribution in [-0.2, 0) is 11.4 Å². The number of allylic oxidation sites excluding steroid dienone is 2. The van der Waals surface area contributed by atoms with Crippen molar-refractivity contribution in [2.24, 2.45) is 11.3 Å². The van der Waals surface area contributed by atoms with E-state index in [0.717, 1.165) is 47.9 Å². The molecule has 0 spiro atoms. The molecule has 6 heteroatoms. The Kier molecular flexibility index (Phi) is 7.24. The lowest BCUT2D eigenvalue weighted by Crippen LogP contribution is -2.15. The molecular weight excluding hydrogens is 481 g/mol. The molecule has 5 nitrogen and oxygen atoms in total. The molecule has 0 bridgehead atoms. The van der Waals surface area contributed by atoms with Gasteiger partial charge in [0.05, 0.1) is 19.7 Å². The SMILES string of the molecule is COc1cc(-c2ccc(C(CC(=O)O)C3CC3)c(OCc3ccccc3)c2C2=CCCC2(C)C)c(F)cn1. The van der Waals surface area contributed by atoms with Gasteiger partial charge in [-0.1, -0.05) is 62.4 Å². The lowest BCUT2D eigenvalue weighted by molar-refractivity contribution is -0.137. The molecule has 0 amide bonds. The van der Waals surface area contributed by atoms with Crippen LogP contribution >= 0.6 is 0 Å². The van der Waals surface area contributed by atoms with E-state index in [1.807, 2.05) is 42.5 Å². The summed E-state index contributed by atoms with van der Waals surface area (Å²) < 4.78 is 27.3. The molecule has 1 heterocycles. The van der Waals surface area contributed by atoms with Crippen molar-refractivity contribution in [1.29, 1.82) is 0 Å². The number of carboxylic acids is 1. The third-order valence-corrected chi connectivity index (χ3v) is 7.85. The van der Waals surface area contributed by atoms with Gasteiger partial charge in [0.2, 0.25) is 5.88 Å². The highest BCUT2D eigenvalue weighted by Crippen LogP contribution is 2.54. The van der Waals surface area contributed by atoms with Gasteiger partial charge in [-0.05, 0) is 59.3 Å². The Bertz CT molecular complexity index is 1360. The fraction of sp³-hybridized carbons (Fsp3) is 0.375. The Morgan fingerprint density at radius 1 is 1.16 bits per heavy atom. The standard InChI is InChI=1S/C32H34FNO4/c1-32(2)15-7-10-26(32)30-22(25-16-28(37-3)34-18-27(25)33)13-14-23(24(17-29(35)36)21-11-12-21)31(30)38-19-20-8-5-4-6-9-20/h4-6,8-10,13-14,16,18,21,24H,7,11-12,15,17,19H2,1-3H3,(H,35,36). The number of hydrogen-bond donors (Lipinski definition) is 1. The number of methoxy groups -OCH3 is 1. The number of pyridine rings is 1. The summed E-state index contributed by atoms with van der Waals surface area (Å²) in [6.07, 6.45) is 7.31. The monoisotopic (exact) mass is 515 g/mol. The molecule has 1 N–H and O–H groups in total. The van der Waals surface area contributed by atoms with Crippen molar-refractivity contribution in [3.05, 3.63) is 83.3 Å². The van der Waals surface area contributed by atoms with Crippen molar-refractivity contribution in [2.45, 2.75) is 58.5 Å². The predicted molar refractivity (Wildman–Crippen MR) is 146 cm³/mol. The van der Waals surface area contributed by atoms with E-state index in [0.29, 0.717) is 35.3 Å². The lowest BCUT2D eigenvalue weighted by atomic mass is 9.77. The van der Waals surface area contributed by atoms with Crippen LogP contribution in [0.5, 0.6) is 11.6 Å². The molecule has 1 saturated carbocycles. The van der Waals surface area contributed by atoms with Crippen LogP contribution in [0.25, 0.3) is 16.7 Å². The summed E-state index contributed by atoms with van der Waals surface area (Å²) in [6, 6.07) is 15.4. The number of ether oxygens (including phenoxy) is 2. The summed E-state index contributed by atoms with van der Waals surface area (Å²) in [5.41, 5.74) is 4.74. The van der Waals surface area contributed by atoms with Gasteiger partial charge in [0.15, 0.2) is 0 Å². The maximum atomic E-state index is 15.3. The summed E-state index contributed by atoms with van der Waals surface area (Å²) in [6.45, 7) is 4.72. The Labute approximate surface area is 223 Å². The zero-order valence-electron chi connectivity index (χ0n) is 22.2. The molecule has 0 radical (unpaired) electrons. The fourth-order valence-electron chi connectivity index (χ4n) is 5.65. The number of aliphatic carboxylic acids is 1. The zero-order chi connectivity index (χ0) is 26.9. The normalized spacial score (nSPS) is 17.1. The number of rotatable bonds is 10. The summed E-state index contributed by atoms with van der Waals surface area (Å²) in [4.78, 5) is 16.0. The average Bonchev–Trinajstić information content (AvgIpc) is 3.69. The number of carboxylic acid groups (broad SMARTS) is 1. The van der Waals surface area contributed by atoms with E-state index in [9.17, 15) is 9.90 Å². The highest BCUT2D eigenvalue weighted by atomic mass is 19.1. The highest BCUT2D eigenvalue weighted by Gasteiger charge is 2.39. The van der Waals surface area contributed by atoms with Crippen LogP contribution in [0.3, 0.4) is 0 Å². The predicted octanol–water partition coefficient (Wildman–Crippen LogP) is 7.65. The lowest BCUT2D eigenvalue weighted by Gasteiger charge is -2.30. The smallest absolute Gasteiger partial charge is 0.303 e. The number of benzene rings is 2. The number of aromatic nitrogens is 1. The minimum absolute atomic E-state index is 0.0328. The van der Waals surface area contributed by atoms with Gasteiger partial charge in [-0.25, -0.2) is 9.37 Å². The van der Waals surface area contributed by atoms with E-state index in [4.69, 9.17) is 9.47 Å². The largest absolute Gasteiger partial charge is 0.488 e. The molecule has 38 heavy (non-hydrogen) atoms. The maximum Gasteiger partial charge on any atom is 0.303 e. The molecule has 2 aromatic carbocycles. The van der Waals surface area contributed by atoms with E-state index in [1.54, 1.807) is 6.07 Å². The van der Waals surface area contributed by atoms with Crippen LogP contribution in [0, 0.1) is 17.2 Å². The first-order chi connectivity index (χ1) is 18.3. The molecule has 1 unspecified atom stereocenters. The Balaban J connectivity index is 1.76.